The van der Waals surface area contributed by atoms with E-state index in [-0.39, 0.29) is 63.2 Å². The van der Waals surface area contributed by atoms with Gasteiger partial charge in [-0.1, -0.05) is 24.3 Å². The minimum Gasteiger partial charge on any atom is -0.508 e. The number of aryl methyl sites for hydroxylation is 1. The molecule has 0 fully saturated rings. The molecule has 0 saturated heterocycles. The SMILES string of the molecule is Cc1ccc2cc1C[C@@H](C(=O)NCCC(=O)NCCCC[C@H](NC(=O)OC(C)(C)C)C(=O)NC[C@H](CCCNC(=O)OC(C)(C)C)NC(=O)OC(C)(C)C)NC(=O)[C@H](C[C@@H](O)CNC(=O)OC(C)(C)C)NC(=O)[C@@H](NC(=O)OC(C)(C)C)Cc1cc-2ccc1O. The summed E-state index contributed by atoms with van der Waals surface area (Å²) in [7, 11) is 0. The summed E-state index contributed by atoms with van der Waals surface area (Å²) in [4.78, 5) is 134. The summed E-state index contributed by atoms with van der Waals surface area (Å²) in [6.45, 7) is 26.7. The molecule has 4 bridgehead atoms. The van der Waals surface area contributed by atoms with Crippen LogP contribution in [0.1, 0.15) is 165 Å². The van der Waals surface area contributed by atoms with Gasteiger partial charge in [0.25, 0.3) is 0 Å². The lowest BCUT2D eigenvalue weighted by molar-refractivity contribution is -0.133. The number of ether oxygens (including phenoxy) is 5. The fraction of sp³-hybridized carbons (Fsp3) is 0.651. The van der Waals surface area contributed by atoms with Gasteiger partial charge in [-0.2, -0.15) is 0 Å². The molecular weight excluding hydrogens is 1170 g/mol. The molecule has 0 unspecified atom stereocenters. The van der Waals surface area contributed by atoms with Crippen molar-refractivity contribution in [3.8, 4) is 16.9 Å². The van der Waals surface area contributed by atoms with Crippen LogP contribution >= 0.6 is 0 Å². The van der Waals surface area contributed by atoms with Crippen LogP contribution in [-0.2, 0) is 60.5 Å². The number of rotatable bonds is 23. The minimum atomic E-state index is -1.61. The number of amides is 10. The lowest BCUT2D eigenvalue weighted by Crippen LogP contribution is -2.58. The summed E-state index contributed by atoms with van der Waals surface area (Å²) in [6, 6.07) is 4.05. The topological polar surface area (TPSA) is 378 Å². The Hall–Kier alpha value is -8.10. The van der Waals surface area contributed by atoms with Crippen molar-refractivity contribution in [2.24, 2.45) is 0 Å². The van der Waals surface area contributed by atoms with E-state index in [0.717, 1.165) is 5.56 Å². The number of nitrogens with one attached hydrogen (secondary N) is 10. The van der Waals surface area contributed by atoms with Gasteiger partial charge in [-0.25, -0.2) is 24.0 Å². The van der Waals surface area contributed by atoms with Crippen molar-refractivity contribution >= 4 is 60.0 Å². The molecule has 27 heteroatoms. The molecule has 2 aromatic rings. The number of benzene rings is 2. The Labute approximate surface area is 528 Å². The Bertz CT molecular complexity index is 2800. The zero-order valence-corrected chi connectivity index (χ0v) is 55.3. The predicted molar refractivity (Wildman–Crippen MR) is 335 cm³/mol. The number of unbranched alkanes of at least 4 members (excludes halogenated alkanes) is 1. The first-order valence-corrected chi connectivity index (χ1v) is 30.5. The number of aromatic hydroxyl groups is 1. The molecule has 1 aliphatic rings. The highest BCUT2D eigenvalue weighted by Gasteiger charge is 2.34. The first kappa shape index (κ1) is 76.1. The van der Waals surface area contributed by atoms with Gasteiger partial charge >= 0.3 is 30.5 Å². The molecule has 90 heavy (non-hydrogen) atoms. The molecule has 10 amide bonds. The van der Waals surface area contributed by atoms with Crippen LogP contribution in [0.2, 0.25) is 0 Å². The number of alkyl carbamates (subject to hydrolysis) is 5. The number of aliphatic hydroxyl groups is 1. The van der Waals surface area contributed by atoms with Crippen molar-refractivity contribution in [1.82, 2.24) is 53.2 Å². The Morgan fingerprint density at radius 3 is 1.69 bits per heavy atom. The molecule has 1 heterocycles. The van der Waals surface area contributed by atoms with Crippen LogP contribution in [0.4, 0.5) is 24.0 Å². The molecule has 1 aliphatic heterocycles. The third-order valence-corrected chi connectivity index (χ3v) is 12.8. The van der Waals surface area contributed by atoms with Gasteiger partial charge in [-0.05, 0) is 183 Å². The Morgan fingerprint density at radius 1 is 0.556 bits per heavy atom. The Morgan fingerprint density at radius 2 is 1.09 bits per heavy atom. The van der Waals surface area contributed by atoms with Crippen LogP contribution < -0.4 is 53.2 Å². The van der Waals surface area contributed by atoms with Gasteiger partial charge in [0.05, 0.1) is 6.10 Å². The summed E-state index contributed by atoms with van der Waals surface area (Å²) in [5.41, 5.74) is -1.36. The second kappa shape index (κ2) is 34.2. The van der Waals surface area contributed by atoms with Gasteiger partial charge in [0, 0.05) is 64.4 Å². The average molecular weight is 1270 g/mol. The van der Waals surface area contributed by atoms with Crippen LogP contribution in [0.5, 0.6) is 5.75 Å². The largest absolute Gasteiger partial charge is 0.508 e. The van der Waals surface area contributed by atoms with E-state index in [4.69, 9.17) is 23.7 Å². The maximum absolute atomic E-state index is 14.5. The van der Waals surface area contributed by atoms with Gasteiger partial charge < -0.3 is 87.1 Å². The van der Waals surface area contributed by atoms with E-state index in [1.807, 2.05) is 25.1 Å². The van der Waals surface area contributed by atoms with Gasteiger partial charge in [-0.15, -0.1) is 0 Å². The summed E-state index contributed by atoms with van der Waals surface area (Å²) in [5.74, 6) is -3.77. The van der Waals surface area contributed by atoms with Crippen LogP contribution in [0, 0.1) is 6.92 Å². The zero-order chi connectivity index (χ0) is 68.0. The van der Waals surface area contributed by atoms with E-state index < -0.39 is 137 Å². The second-order valence-corrected chi connectivity index (χ2v) is 27.2. The quantitative estimate of drug-likeness (QED) is 0.0475. The van der Waals surface area contributed by atoms with Gasteiger partial charge in [-0.3, -0.25) is 24.0 Å². The highest BCUT2D eigenvalue weighted by Crippen LogP contribution is 2.30. The van der Waals surface area contributed by atoms with Crippen molar-refractivity contribution in [3.05, 3.63) is 53.1 Å². The minimum absolute atomic E-state index is 0.0677. The number of fused-ring (bicyclic) bond motifs is 5. The Balaban J connectivity index is 1.80. The second-order valence-electron chi connectivity index (χ2n) is 27.2. The molecule has 3 rings (SSSR count). The summed E-state index contributed by atoms with van der Waals surface area (Å²) < 4.78 is 26.9. The molecule has 0 saturated carbocycles. The van der Waals surface area contributed by atoms with Crippen molar-refractivity contribution in [2.75, 3.05) is 32.7 Å². The maximum Gasteiger partial charge on any atom is 0.408 e. The lowest BCUT2D eigenvalue weighted by atomic mass is 9.93. The summed E-state index contributed by atoms with van der Waals surface area (Å²) in [6.07, 6.45) is -5.09. The molecule has 27 nitrogen and oxygen atoms in total. The third-order valence-electron chi connectivity index (χ3n) is 12.8. The summed E-state index contributed by atoms with van der Waals surface area (Å²) >= 11 is 0. The van der Waals surface area contributed by atoms with Gasteiger partial charge in [0.1, 0.15) is 57.9 Å². The van der Waals surface area contributed by atoms with Crippen molar-refractivity contribution in [3.63, 3.8) is 0 Å². The number of hydrogen-bond acceptors (Lipinski definition) is 17. The predicted octanol–water partition coefficient (Wildman–Crippen LogP) is 5.61. The van der Waals surface area contributed by atoms with Crippen molar-refractivity contribution in [2.45, 2.75) is 233 Å². The van der Waals surface area contributed by atoms with Crippen LogP contribution in [0.25, 0.3) is 11.1 Å². The van der Waals surface area contributed by atoms with Gasteiger partial charge in [0.2, 0.25) is 29.5 Å². The van der Waals surface area contributed by atoms with Crippen LogP contribution in [0.15, 0.2) is 36.4 Å². The van der Waals surface area contributed by atoms with E-state index in [1.165, 1.54) is 6.07 Å². The molecule has 6 atom stereocenters. The standard InChI is InChI=1S/C63H100N10O17/c1-37-22-23-38-30-40(37)32-45(70-53(80)47(34-43(74)36-68-55(82)87-60(5,6)7)71-52(79)46(73-58(85)90-63(14,15)16)33-41-31-39(38)24-25-48(41)75)51(78)65-29-26-49(76)64-27-18-17-21-44(72-57(84)89-62(11,12)13)50(77)67-35-42(69-56(83)88-61(8,9)10)20-19-28-66-54(81)86-59(2,3)4/h22-25,30-31,42-47,74-75H,17-21,26-29,32-36H2,1-16H3,(H,64,76)(H,65,78)(H,66,81)(H,67,77)(H,68,82)(H,69,83)(H,70,80)(H,71,79)(H,72,84)(H,73,85)/t42-,43+,44-,45-,46-,47-/m0/s1. The van der Waals surface area contributed by atoms with E-state index in [9.17, 15) is 58.2 Å². The van der Waals surface area contributed by atoms with E-state index >= 15 is 0 Å². The molecular formula is C63H100N10O17. The molecule has 0 aliphatic carbocycles. The van der Waals surface area contributed by atoms with E-state index in [1.54, 1.807) is 116 Å². The lowest BCUT2D eigenvalue weighted by Gasteiger charge is -2.28. The molecule has 504 valence electrons. The van der Waals surface area contributed by atoms with Crippen LogP contribution in [0.3, 0.4) is 0 Å². The van der Waals surface area contributed by atoms with E-state index in [2.05, 4.69) is 53.2 Å². The van der Waals surface area contributed by atoms with Gasteiger partial charge in [0.15, 0.2) is 0 Å². The first-order valence-electron chi connectivity index (χ1n) is 30.5. The molecule has 12 N–H and O–H groups in total. The fourth-order valence-corrected chi connectivity index (χ4v) is 8.78. The number of hydrogen-bond donors (Lipinski definition) is 12. The summed E-state index contributed by atoms with van der Waals surface area (Å²) in [5, 5.41) is 49.0. The monoisotopic (exact) mass is 1270 g/mol. The highest BCUT2D eigenvalue weighted by molar-refractivity contribution is 5.94. The van der Waals surface area contributed by atoms with Crippen molar-refractivity contribution < 1.29 is 81.8 Å². The number of phenols is 1. The fourth-order valence-electron chi connectivity index (χ4n) is 8.78. The molecule has 2 aromatic carbocycles. The molecule has 0 aromatic heterocycles. The van der Waals surface area contributed by atoms with E-state index in [0.29, 0.717) is 42.4 Å². The van der Waals surface area contributed by atoms with Crippen molar-refractivity contribution in [1.29, 1.82) is 0 Å². The number of phenolic OH excluding ortho intramolecular Hbond substituents is 1. The number of aliphatic hydroxyl groups excluding tert-OH is 1. The average Bonchev–Trinajstić information content (AvgIpc) is 1.25. The Kier molecular flexibility index (Phi) is 28.9. The number of carbonyl (C=O) groups is 10. The zero-order valence-electron chi connectivity index (χ0n) is 55.3. The molecule has 0 radical (unpaired) electrons. The normalized spacial score (nSPS) is 16.7. The van der Waals surface area contributed by atoms with Crippen LogP contribution in [-0.4, -0.2) is 167 Å². The first-order chi connectivity index (χ1) is 41.5. The molecule has 0 spiro atoms. The number of carbonyl (C=O) groups excluding carboxylic acids is 10. The maximum atomic E-state index is 14.5. The smallest absolute Gasteiger partial charge is 0.408 e. The third kappa shape index (κ3) is 31.4. The highest BCUT2D eigenvalue weighted by atomic mass is 16.6.